The molecule has 3 aromatic carbocycles. The van der Waals surface area contributed by atoms with Crippen molar-refractivity contribution in [3.63, 3.8) is 0 Å². The number of ether oxygens (including phenoxy) is 1. The minimum Gasteiger partial charge on any atom is -0.497 e. The molecule has 0 aliphatic heterocycles. The van der Waals surface area contributed by atoms with Crippen molar-refractivity contribution in [2.45, 2.75) is 17.3 Å². The lowest BCUT2D eigenvalue weighted by Gasteiger charge is -2.12. The smallest absolute Gasteiger partial charge is 0.237 e. The third-order valence-electron chi connectivity index (χ3n) is 4.85. The molecule has 0 spiro atoms. The molecule has 1 heterocycles. The maximum Gasteiger partial charge on any atom is 0.237 e. The summed E-state index contributed by atoms with van der Waals surface area (Å²) in [5.41, 5.74) is 1.72. The molecule has 1 N–H and O–H groups in total. The van der Waals surface area contributed by atoms with E-state index in [9.17, 15) is 4.79 Å². The van der Waals surface area contributed by atoms with E-state index in [4.69, 9.17) is 4.74 Å². The molecule has 30 heavy (non-hydrogen) atoms. The van der Waals surface area contributed by atoms with Crippen LogP contribution in [0.15, 0.2) is 71.9 Å². The van der Waals surface area contributed by atoms with E-state index in [1.165, 1.54) is 11.8 Å². The molecule has 0 radical (unpaired) electrons. The van der Waals surface area contributed by atoms with Crippen LogP contribution in [0.5, 0.6) is 5.75 Å². The predicted molar refractivity (Wildman–Crippen MR) is 121 cm³/mol. The normalized spacial score (nSPS) is 12.0. The molecule has 0 bridgehead atoms. The largest absolute Gasteiger partial charge is 0.497 e. The fourth-order valence-corrected chi connectivity index (χ4v) is 3.95. The molecular weight excluding hydrogens is 396 g/mol. The van der Waals surface area contributed by atoms with Crippen LogP contribution in [0.3, 0.4) is 0 Å². The summed E-state index contributed by atoms with van der Waals surface area (Å²) in [6.07, 6.45) is 0. The summed E-state index contributed by atoms with van der Waals surface area (Å²) >= 11 is 1.38. The SMILES string of the molecule is COc1ccc(-c2nnc(S[C@@H](C)C(=O)Nc3ccc4ccccc4c3)n2C)cc1. The number of rotatable bonds is 6. The lowest BCUT2D eigenvalue weighted by molar-refractivity contribution is -0.115. The molecule has 0 saturated carbocycles. The van der Waals surface area contributed by atoms with Crippen LogP contribution in [0.25, 0.3) is 22.2 Å². The highest BCUT2D eigenvalue weighted by atomic mass is 32.2. The van der Waals surface area contributed by atoms with Crippen LogP contribution in [-0.2, 0) is 11.8 Å². The monoisotopic (exact) mass is 418 g/mol. The Hall–Kier alpha value is -3.32. The highest BCUT2D eigenvalue weighted by molar-refractivity contribution is 8.00. The van der Waals surface area contributed by atoms with Gasteiger partial charge in [-0.1, -0.05) is 42.1 Å². The van der Waals surface area contributed by atoms with Crippen molar-refractivity contribution in [2.24, 2.45) is 7.05 Å². The summed E-state index contributed by atoms with van der Waals surface area (Å²) < 4.78 is 7.10. The topological polar surface area (TPSA) is 69.0 Å². The predicted octanol–water partition coefficient (Wildman–Crippen LogP) is 4.76. The Balaban J connectivity index is 1.45. The zero-order valence-corrected chi connectivity index (χ0v) is 17.8. The highest BCUT2D eigenvalue weighted by Crippen LogP contribution is 2.27. The van der Waals surface area contributed by atoms with Crippen LogP contribution >= 0.6 is 11.8 Å². The molecule has 1 atom stereocenters. The van der Waals surface area contributed by atoms with E-state index in [0.29, 0.717) is 5.16 Å². The maximum atomic E-state index is 12.7. The fourth-order valence-electron chi connectivity index (χ4n) is 3.13. The number of thioether (sulfide) groups is 1. The Labute approximate surface area is 179 Å². The Morgan fingerprint density at radius 1 is 1.03 bits per heavy atom. The van der Waals surface area contributed by atoms with Crippen LogP contribution in [-0.4, -0.2) is 33.0 Å². The van der Waals surface area contributed by atoms with Crippen LogP contribution in [0.2, 0.25) is 0 Å². The van der Waals surface area contributed by atoms with Gasteiger partial charge in [0.25, 0.3) is 0 Å². The summed E-state index contributed by atoms with van der Waals surface area (Å²) in [7, 11) is 3.53. The van der Waals surface area contributed by atoms with E-state index in [2.05, 4.69) is 15.5 Å². The van der Waals surface area contributed by atoms with Crippen molar-refractivity contribution in [1.29, 1.82) is 0 Å². The Kier molecular flexibility index (Phi) is 5.72. The number of aromatic nitrogens is 3. The average Bonchev–Trinajstić information content (AvgIpc) is 3.13. The van der Waals surface area contributed by atoms with Gasteiger partial charge in [-0.3, -0.25) is 4.79 Å². The first-order chi connectivity index (χ1) is 14.5. The molecule has 0 saturated heterocycles. The van der Waals surface area contributed by atoms with E-state index >= 15 is 0 Å². The van der Waals surface area contributed by atoms with Crippen LogP contribution in [0.1, 0.15) is 6.92 Å². The van der Waals surface area contributed by atoms with Crippen molar-refractivity contribution >= 4 is 34.1 Å². The maximum absolute atomic E-state index is 12.7. The molecule has 152 valence electrons. The number of hydrogen-bond acceptors (Lipinski definition) is 5. The molecule has 1 amide bonds. The van der Waals surface area contributed by atoms with Gasteiger partial charge < -0.3 is 14.6 Å². The van der Waals surface area contributed by atoms with E-state index in [1.54, 1.807) is 7.11 Å². The first kappa shape index (κ1) is 20.0. The van der Waals surface area contributed by atoms with Gasteiger partial charge in [0.1, 0.15) is 5.75 Å². The Bertz CT molecular complexity index is 1190. The van der Waals surface area contributed by atoms with Crippen LogP contribution in [0, 0.1) is 0 Å². The average molecular weight is 419 g/mol. The van der Waals surface area contributed by atoms with Gasteiger partial charge in [0.05, 0.1) is 12.4 Å². The number of nitrogens with one attached hydrogen (secondary N) is 1. The lowest BCUT2D eigenvalue weighted by atomic mass is 10.1. The third kappa shape index (κ3) is 4.16. The van der Waals surface area contributed by atoms with Crippen LogP contribution < -0.4 is 10.1 Å². The molecule has 4 aromatic rings. The summed E-state index contributed by atoms with van der Waals surface area (Å²) in [6.45, 7) is 1.86. The molecule has 0 fully saturated rings. The van der Waals surface area contributed by atoms with Crippen LogP contribution in [0.4, 0.5) is 5.69 Å². The number of anilines is 1. The van der Waals surface area contributed by atoms with Gasteiger partial charge in [-0.05, 0) is 54.1 Å². The second-order valence-electron chi connectivity index (χ2n) is 6.90. The number of fused-ring (bicyclic) bond motifs is 1. The van der Waals surface area contributed by atoms with Gasteiger partial charge in [-0.25, -0.2) is 0 Å². The number of benzene rings is 3. The summed E-state index contributed by atoms with van der Waals surface area (Å²) in [5.74, 6) is 1.45. The minimum atomic E-state index is -0.330. The second-order valence-corrected chi connectivity index (χ2v) is 8.21. The Morgan fingerprint density at radius 2 is 1.77 bits per heavy atom. The first-order valence-electron chi connectivity index (χ1n) is 9.55. The Morgan fingerprint density at radius 3 is 2.50 bits per heavy atom. The number of carbonyl (C=O) groups excluding carboxylic acids is 1. The van der Waals surface area contributed by atoms with Crippen molar-refractivity contribution in [1.82, 2.24) is 14.8 Å². The van der Waals surface area contributed by atoms with E-state index in [-0.39, 0.29) is 11.2 Å². The van der Waals surface area contributed by atoms with Gasteiger partial charge in [-0.2, -0.15) is 0 Å². The second kappa shape index (κ2) is 8.59. The molecule has 0 aliphatic rings. The standard InChI is InChI=1S/C23H22N4O2S/c1-15(22(28)24-19-11-8-16-6-4-5-7-18(16)14-19)30-23-26-25-21(27(23)2)17-9-12-20(29-3)13-10-17/h4-15H,1-3H3,(H,24,28)/t15-/m0/s1. The molecule has 6 nitrogen and oxygen atoms in total. The number of methoxy groups -OCH3 is 1. The van der Waals surface area contributed by atoms with Gasteiger partial charge in [0.15, 0.2) is 11.0 Å². The number of carbonyl (C=O) groups is 1. The summed E-state index contributed by atoms with van der Waals surface area (Å²) in [4.78, 5) is 12.7. The van der Waals surface area contributed by atoms with E-state index in [1.807, 2.05) is 85.3 Å². The quantitative estimate of drug-likeness (QED) is 0.457. The third-order valence-corrected chi connectivity index (χ3v) is 5.99. The van der Waals surface area contributed by atoms with Gasteiger partial charge in [0, 0.05) is 18.3 Å². The zero-order chi connectivity index (χ0) is 21.1. The summed E-state index contributed by atoms with van der Waals surface area (Å²) in [6, 6.07) is 21.6. The van der Waals surface area contributed by atoms with Crippen molar-refractivity contribution in [2.75, 3.05) is 12.4 Å². The zero-order valence-electron chi connectivity index (χ0n) is 17.0. The van der Waals surface area contributed by atoms with Gasteiger partial charge in [0.2, 0.25) is 5.91 Å². The molecule has 4 rings (SSSR count). The summed E-state index contributed by atoms with van der Waals surface area (Å²) in [5, 5.41) is 14.1. The number of hydrogen-bond donors (Lipinski definition) is 1. The van der Waals surface area contributed by atoms with Crippen molar-refractivity contribution in [3.8, 4) is 17.1 Å². The molecule has 0 unspecified atom stereocenters. The van der Waals surface area contributed by atoms with E-state index in [0.717, 1.165) is 33.6 Å². The lowest BCUT2D eigenvalue weighted by Crippen LogP contribution is -2.22. The van der Waals surface area contributed by atoms with Gasteiger partial charge in [-0.15, -0.1) is 10.2 Å². The number of amides is 1. The first-order valence-corrected chi connectivity index (χ1v) is 10.4. The highest BCUT2D eigenvalue weighted by Gasteiger charge is 2.19. The molecule has 0 aliphatic carbocycles. The minimum absolute atomic E-state index is 0.0794. The molecule has 1 aromatic heterocycles. The van der Waals surface area contributed by atoms with Gasteiger partial charge >= 0.3 is 0 Å². The fraction of sp³-hybridized carbons (Fsp3) is 0.174. The molecular formula is C23H22N4O2S. The molecule has 7 heteroatoms. The van der Waals surface area contributed by atoms with Crippen molar-refractivity contribution < 1.29 is 9.53 Å². The van der Waals surface area contributed by atoms with Crippen molar-refractivity contribution in [3.05, 3.63) is 66.7 Å². The number of nitrogens with zero attached hydrogens (tertiary/aromatic N) is 3. The van der Waals surface area contributed by atoms with E-state index < -0.39 is 0 Å².